The van der Waals surface area contributed by atoms with Gasteiger partial charge in [-0.05, 0) is 42.1 Å². The van der Waals surface area contributed by atoms with Gasteiger partial charge in [0.1, 0.15) is 0 Å². The van der Waals surface area contributed by atoms with Crippen molar-refractivity contribution in [2.75, 3.05) is 5.73 Å². The number of nitrogen functional groups attached to an aromatic ring is 1. The molecule has 0 bridgehead atoms. The number of hydrogen-bond acceptors (Lipinski definition) is 9. The molecule has 0 aliphatic heterocycles. The lowest BCUT2D eigenvalue weighted by atomic mass is 9.83. The monoisotopic (exact) mass is 451 g/mol. The van der Waals surface area contributed by atoms with Crippen molar-refractivity contribution in [3.8, 4) is 11.9 Å². The van der Waals surface area contributed by atoms with Crippen LogP contribution in [0.1, 0.15) is 5.56 Å². The zero-order valence-electron chi connectivity index (χ0n) is 17.4. The molecule has 0 unspecified atom stereocenters. The second kappa shape index (κ2) is 5.52. The Labute approximate surface area is 186 Å². The van der Waals surface area contributed by atoms with Gasteiger partial charge in [-0.2, -0.15) is 0 Å². The van der Waals surface area contributed by atoms with E-state index in [0.717, 1.165) is 0 Å². The van der Waals surface area contributed by atoms with Gasteiger partial charge in [-0.3, -0.25) is 0 Å². The van der Waals surface area contributed by atoms with E-state index in [1.165, 1.54) is 18.2 Å². The van der Waals surface area contributed by atoms with Crippen molar-refractivity contribution in [1.29, 1.82) is 10.8 Å². The first-order chi connectivity index (χ1) is 16.2. The van der Waals surface area contributed by atoms with E-state index >= 15 is 0 Å². The smallest absolute Gasteiger partial charge is 0.346 e. The SMILES string of the molecule is Cc1cc2c(O)oc(O)c3cc(N)c4c5c(=N)cc6c(=O)oc(=O)c7cc(=N)c(c1c4c23)c5c76. The van der Waals surface area contributed by atoms with E-state index in [2.05, 4.69) is 0 Å². The van der Waals surface area contributed by atoms with Crippen LogP contribution in [0.2, 0.25) is 0 Å². The minimum Gasteiger partial charge on any atom is -0.480 e. The number of rotatable bonds is 0. The van der Waals surface area contributed by atoms with Crippen molar-refractivity contribution in [3.05, 3.63) is 61.4 Å². The molecule has 0 aliphatic rings. The van der Waals surface area contributed by atoms with Crippen molar-refractivity contribution in [2.45, 2.75) is 6.92 Å². The highest BCUT2D eigenvalue weighted by atomic mass is 16.5. The second-order valence-electron chi connectivity index (χ2n) is 8.59. The van der Waals surface area contributed by atoms with E-state index in [1.807, 2.05) is 0 Å². The maximum atomic E-state index is 12.6. The van der Waals surface area contributed by atoms with Crippen LogP contribution in [-0.4, -0.2) is 10.2 Å². The lowest BCUT2D eigenvalue weighted by Crippen LogP contribution is -2.18. The third-order valence-corrected chi connectivity index (χ3v) is 6.82. The zero-order valence-corrected chi connectivity index (χ0v) is 17.4. The van der Waals surface area contributed by atoms with Gasteiger partial charge in [-0.15, -0.1) is 0 Å². The summed E-state index contributed by atoms with van der Waals surface area (Å²) in [6.07, 6.45) is 0. The van der Waals surface area contributed by atoms with Gasteiger partial charge < -0.3 is 35.6 Å². The summed E-state index contributed by atoms with van der Waals surface area (Å²) in [4.78, 5) is 25.1. The van der Waals surface area contributed by atoms with Crippen LogP contribution < -0.4 is 27.7 Å². The van der Waals surface area contributed by atoms with Crippen LogP contribution in [0.5, 0.6) is 11.9 Å². The number of anilines is 1. The summed E-state index contributed by atoms with van der Waals surface area (Å²) >= 11 is 0. The standard InChI is InChI=1S/C25H13N3O6/c1-6-2-7-15-8(23(30)33-22(7)29)4-12(27)18-19-13(28)5-10-16-9(24(31)34-25(10)32)3-11(26)17(21(16)19)14(6)20(15)18/h2-5,26,28-30H,27H2,1H3. The highest BCUT2D eigenvalue weighted by Crippen LogP contribution is 2.49. The Balaban J connectivity index is 2.05. The van der Waals surface area contributed by atoms with E-state index in [4.69, 9.17) is 25.4 Å². The van der Waals surface area contributed by atoms with Crippen molar-refractivity contribution in [3.63, 3.8) is 0 Å². The van der Waals surface area contributed by atoms with Crippen LogP contribution in [0, 0.1) is 17.7 Å². The molecular formula is C25H13N3O6. The summed E-state index contributed by atoms with van der Waals surface area (Å²) < 4.78 is 9.97. The van der Waals surface area contributed by atoms with Crippen LogP contribution in [0.25, 0.3) is 64.6 Å². The predicted molar refractivity (Wildman–Crippen MR) is 126 cm³/mol. The number of fused-ring (bicyclic) bond motifs is 2. The van der Waals surface area contributed by atoms with Gasteiger partial charge in [0.05, 0.1) is 32.3 Å². The lowest BCUT2D eigenvalue weighted by molar-refractivity contribution is 0.262. The van der Waals surface area contributed by atoms with Crippen molar-refractivity contribution in [1.82, 2.24) is 0 Å². The Morgan fingerprint density at radius 3 is 1.76 bits per heavy atom. The van der Waals surface area contributed by atoms with E-state index in [-0.39, 0.29) is 32.6 Å². The molecule has 0 spiro atoms. The lowest BCUT2D eigenvalue weighted by Gasteiger charge is -2.20. The van der Waals surface area contributed by atoms with Crippen molar-refractivity contribution in [2.24, 2.45) is 0 Å². The molecule has 9 nitrogen and oxygen atoms in total. The molecule has 5 aromatic carbocycles. The molecule has 0 aliphatic carbocycles. The summed E-state index contributed by atoms with van der Waals surface area (Å²) in [6.45, 7) is 1.80. The minimum absolute atomic E-state index is 0.00749. The van der Waals surface area contributed by atoms with Crippen LogP contribution >= 0.6 is 0 Å². The zero-order chi connectivity index (χ0) is 23.8. The molecule has 0 saturated carbocycles. The average Bonchev–Trinajstić information content (AvgIpc) is 2.77. The number of benzene rings is 5. The average molecular weight is 451 g/mol. The quantitative estimate of drug-likeness (QED) is 0.134. The molecule has 34 heavy (non-hydrogen) atoms. The van der Waals surface area contributed by atoms with Crippen LogP contribution in [0.4, 0.5) is 5.69 Å². The van der Waals surface area contributed by atoms with Gasteiger partial charge >= 0.3 is 11.3 Å². The number of nitrogens with two attached hydrogens (primary N) is 1. The Morgan fingerprint density at radius 2 is 1.15 bits per heavy atom. The van der Waals surface area contributed by atoms with Crippen LogP contribution in [0.15, 0.2) is 42.7 Å². The molecule has 7 rings (SSSR count). The van der Waals surface area contributed by atoms with E-state index in [1.54, 1.807) is 13.0 Å². The Kier molecular flexibility index (Phi) is 3.02. The molecule has 6 N–H and O–H groups in total. The maximum Gasteiger partial charge on any atom is 0.346 e. The van der Waals surface area contributed by atoms with Gasteiger partial charge in [0.25, 0.3) is 11.9 Å². The molecule has 164 valence electrons. The number of hydrogen-bond donors (Lipinski definition) is 5. The third-order valence-electron chi connectivity index (χ3n) is 6.82. The Hall–Kier alpha value is -4.92. The first kappa shape index (κ1) is 18.6. The molecule has 9 heteroatoms. The van der Waals surface area contributed by atoms with Crippen LogP contribution in [-0.2, 0) is 0 Å². The Bertz CT molecular complexity index is 2150. The predicted octanol–water partition coefficient (Wildman–Crippen LogP) is 3.09. The van der Waals surface area contributed by atoms with Gasteiger partial charge in [-0.25, -0.2) is 9.59 Å². The largest absolute Gasteiger partial charge is 0.480 e. The Morgan fingerprint density at radius 1 is 0.647 bits per heavy atom. The van der Waals surface area contributed by atoms with E-state index < -0.39 is 23.1 Å². The first-order valence-corrected chi connectivity index (χ1v) is 10.3. The molecule has 0 saturated heterocycles. The van der Waals surface area contributed by atoms with Gasteiger partial charge in [-0.1, -0.05) is 0 Å². The maximum absolute atomic E-state index is 12.6. The first-order valence-electron chi connectivity index (χ1n) is 10.3. The molecule has 0 atom stereocenters. The van der Waals surface area contributed by atoms with E-state index in [0.29, 0.717) is 54.0 Å². The fourth-order valence-corrected chi connectivity index (χ4v) is 5.59. The number of aryl methyl sites for hydroxylation is 1. The summed E-state index contributed by atoms with van der Waals surface area (Å²) in [5.74, 6) is -0.989. The molecule has 0 amide bonds. The molecule has 0 radical (unpaired) electrons. The topological polar surface area (TPSA) is 175 Å². The molecule has 0 fully saturated rings. The fourth-order valence-electron chi connectivity index (χ4n) is 5.59. The van der Waals surface area contributed by atoms with Gasteiger partial charge in [0.2, 0.25) is 0 Å². The highest BCUT2D eigenvalue weighted by Gasteiger charge is 2.26. The second-order valence-corrected chi connectivity index (χ2v) is 8.59. The van der Waals surface area contributed by atoms with Gasteiger partial charge in [0, 0.05) is 43.4 Å². The fraction of sp³-hybridized carbons (Fsp3) is 0.0400. The number of aromatic hydroxyl groups is 2. The summed E-state index contributed by atoms with van der Waals surface area (Å²) in [5, 5.41) is 42.9. The molecular weight excluding hydrogens is 438 g/mol. The van der Waals surface area contributed by atoms with Crippen molar-refractivity contribution >= 4 is 70.3 Å². The van der Waals surface area contributed by atoms with E-state index in [9.17, 15) is 19.8 Å². The third kappa shape index (κ3) is 1.88. The summed E-state index contributed by atoms with van der Waals surface area (Å²) in [6, 6.07) is 5.89. The van der Waals surface area contributed by atoms with Crippen molar-refractivity contribution < 1.29 is 19.0 Å². The summed E-state index contributed by atoms with van der Waals surface area (Å²) in [7, 11) is 0. The summed E-state index contributed by atoms with van der Waals surface area (Å²) in [5.41, 5.74) is 5.68. The van der Waals surface area contributed by atoms with Gasteiger partial charge in [0.15, 0.2) is 0 Å². The van der Waals surface area contributed by atoms with Crippen LogP contribution in [0.3, 0.4) is 0 Å². The molecule has 2 heterocycles. The highest BCUT2D eigenvalue weighted by molar-refractivity contribution is 6.41. The number of nitrogens with one attached hydrogen (secondary N) is 2. The normalized spacial score (nSPS) is 12.5. The molecule has 2 aromatic heterocycles. The minimum atomic E-state index is -0.849. The molecule has 7 aromatic rings.